The summed E-state index contributed by atoms with van der Waals surface area (Å²) in [5.74, 6) is -0.498. The van der Waals surface area contributed by atoms with E-state index in [4.69, 9.17) is 5.73 Å². The molecule has 0 aromatic heterocycles. The van der Waals surface area contributed by atoms with Gasteiger partial charge in [0.2, 0.25) is 5.91 Å². The average Bonchev–Trinajstić information content (AvgIpc) is 1.80. The molecule has 0 aromatic rings. The number of hydrogen-bond acceptors (Lipinski definition) is 3. The van der Waals surface area contributed by atoms with Crippen LogP contribution in [0.4, 0.5) is 0 Å². The first-order valence-electron chi connectivity index (χ1n) is 2.60. The van der Waals surface area contributed by atoms with E-state index in [1.165, 1.54) is 12.3 Å². The molecule has 0 spiro atoms. The Hall–Kier alpha value is -1.03. The van der Waals surface area contributed by atoms with Crippen molar-refractivity contribution in [2.24, 2.45) is 5.73 Å². The summed E-state index contributed by atoms with van der Waals surface area (Å²) in [6.07, 6.45) is 2.52. The fraction of sp³-hybridized carbons (Fsp3) is 0.400. The van der Waals surface area contributed by atoms with E-state index in [1.54, 1.807) is 0 Å². The molecule has 0 bridgehead atoms. The van der Waals surface area contributed by atoms with Crippen molar-refractivity contribution in [2.45, 2.75) is 6.92 Å². The molecule has 3 N–H and O–H groups in total. The lowest BCUT2D eigenvalue weighted by molar-refractivity contribution is -0.113. The minimum absolute atomic E-state index is 0.498. The van der Waals surface area contributed by atoms with Crippen LogP contribution in [0.25, 0.3) is 0 Å². The zero-order valence-corrected chi connectivity index (χ0v) is 5.26. The van der Waals surface area contributed by atoms with Crippen LogP contribution in [-0.4, -0.2) is 12.5 Å². The Labute approximate surface area is 53.6 Å². The third-order valence-corrected chi connectivity index (χ3v) is 0.543. The lowest BCUT2D eigenvalue weighted by Crippen LogP contribution is -2.10. The Kier molecular flexibility index (Phi) is 4.53. The summed E-state index contributed by atoms with van der Waals surface area (Å²) in [4.78, 5) is 14.6. The molecule has 9 heavy (non-hydrogen) atoms. The predicted molar refractivity (Wildman–Crippen MR) is 33.1 cm³/mol. The van der Waals surface area contributed by atoms with Gasteiger partial charge in [0.1, 0.15) is 0 Å². The van der Waals surface area contributed by atoms with E-state index in [0.717, 1.165) is 0 Å². The fourth-order valence-electron chi connectivity index (χ4n) is 0.248. The van der Waals surface area contributed by atoms with Crippen LogP contribution < -0.4 is 11.2 Å². The number of hydroxylamine groups is 1. The van der Waals surface area contributed by atoms with Crippen molar-refractivity contribution in [3.63, 3.8) is 0 Å². The molecule has 4 heteroatoms. The summed E-state index contributed by atoms with van der Waals surface area (Å²) in [6, 6.07) is 0. The smallest absolute Gasteiger partial charge is 0.242 e. The molecule has 0 rings (SSSR count). The van der Waals surface area contributed by atoms with Gasteiger partial charge in [0.05, 0.1) is 6.61 Å². The van der Waals surface area contributed by atoms with Gasteiger partial charge in [-0.3, -0.25) is 15.1 Å². The molecule has 0 unspecified atom stereocenters. The van der Waals surface area contributed by atoms with Gasteiger partial charge in [-0.1, -0.05) is 0 Å². The van der Waals surface area contributed by atoms with Crippen LogP contribution in [0.3, 0.4) is 0 Å². The Morgan fingerprint density at radius 3 is 3.00 bits per heavy atom. The maximum atomic E-state index is 10.0. The van der Waals surface area contributed by atoms with E-state index in [-0.39, 0.29) is 0 Å². The molecule has 0 radical (unpaired) electrons. The molecule has 0 aliphatic carbocycles. The molecule has 0 heterocycles. The highest BCUT2D eigenvalue weighted by molar-refractivity contribution is 5.85. The lowest BCUT2D eigenvalue weighted by atomic mass is 10.6. The Balaban J connectivity index is 3.15. The Bertz CT molecular complexity index is 112. The molecule has 4 nitrogen and oxygen atoms in total. The van der Waals surface area contributed by atoms with E-state index in [9.17, 15) is 4.79 Å². The van der Waals surface area contributed by atoms with Crippen LogP contribution in [0, 0.1) is 0 Å². The van der Waals surface area contributed by atoms with Gasteiger partial charge in [-0.15, -0.1) is 0 Å². The predicted octanol–water partition coefficient (Wildman–Crippen LogP) is -0.473. The van der Waals surface area contributed by atoms with Crippen LogP contribution in [0.15, 0.2) is 12.3 Å². The van der Waals surface area contributed by atoms with Gasteiger partial charge in [-0.25, -0.2) is 0 Å². The zero-order chi connectivity index (χ0) is 7.11. The molecule has 0 aliphatic rings. The number of amides is 1. The third-order valence-electron chi connectivity index (χ3n) is 0.543. The zero-order valence-electron chi connectivity index (χ0n) is 5.26. The highest BCUT2D eigenvalue weighted by atomic mass is 16.6. The van der Waals surface area contributed by atoms with Crippen LogP contribution in [0.5, 0.6) is 0 Å². The van der Waals surface area contributed by atoms with Crippen molar-refractivity contribution >= 4 is 5.91 Å². The SMILES string of the molecule is CCONC=CC(N)=O. The second-order valence-corrected chi connectivity index (χ2v) is 1.29. The van der Waals surface area contributed by atoms with Gasteiger partial charge >= 0.3 is 0 Å². The number of primary amides is 1. The standard InChI is InChI=1S/C5H10N2O2/c1-2-9-7-4-3-5(6)8/h3-4,7H,2H2,1H3,(H2,6,8). The lowest BCUT2D eigenvalue weighted by Gasteiger charge is -1.94. The van der Waals surface area contributed by atoms with Crippen LogP contribution in [0.1, 0.15) is 6.92 Å². The van der Waals surface area contributed by atoms with Crippen molar-refractivity contribution < 1.29 is 9.63 Å². The van der Waals surface area contributed by atoms with Gasteiger partial charge in [0.25, 0.3) is 0 Å². The first-order chi connectivity index (χ1) is 4.27. The van der Waals surface area contributed by atoms with Crippen molar-refractivity contribution in [1.82, 2.24) is 5.48 Å². The van der Waals surface area contributed by atoms with Crippen molar-refractivity contribution in [3.8, 4) is 0 Å². The molecule has 0 fully saturated rings. The monoisotopic (exact) mass is 130 g/mol. The van der Waals surface area contributed by atoms with E-state index >= 15 is 0 Å². The van der Waals surface area contributed by atoms with Crippen molar-refractivity contribution in [3.05, 3.63) is 12.3 Å². The summed E-state index contributed by atoms with van der Waals surface area (Å²) < 4.78 is 0. The van der Waals surface area contributed by atoms with Gasteiger partial charge in [-0.05, 0) is 6.92 Å². The number of nitrogens with two attached hydrogens (primary N) is 1. The Morgan fingerprint density at radius 2 is 2.56 bits per heavy atom. The first kappa shape index (κ1) is 7.97. The summed E-state index contributed by atoms with van der Waals surface area (Å²) in [5.41, 5.74) is 7.14. The number of hydrogen-bond donors (Lipinski definition) is 2. The van der Waals surface area contributed by atoms with E-state index in [1.807, 2.05) is 6.92 Å². The number of nitrogens with one attached hydrogen (secondary N) is 1. The minimum Gasteiger partial charge on any atom is -0.366 e. The van der Waals surface area contributed by atoms with Crippen LogP contribution in [-0.2, 0) is 9.63 Å². The van der Waals surface area contributed by atoms with Crippen LogP contribution in [0.2, 0.25) is 0 Å². The Morgan fingerprint density at radius 1 is 1.89 bits per heavy atom. The topological polar surface area (TPSA) is 64.3 Å². The summed E-state index contributed by atoms with van der Waals surface area (Å²) in [5, 5.41) is 0. The summed E-state index contributed by atoms with van der Waals surface area (Å²) in [7, 11) is 0. The molecule has 0 atom stereocenters. The largest absolute Gasteiger partial charge is 0.366 e. The van der Waals surface area contributed by atoms with Gasteiger partial charge in [-0.2, -0.15) is 0 Å². The van der Waals surface area contributed by atoms with Gasteiger partial charge in [0, 0.05) is 12.3 Å². The summed E-state index contributed by atoms with van der Waals surface area (Å²) in [6.45, 7) is 2.37. The summed E-state index contributed by atoms with van der Waals surface area (Å²) >= 11 is 0. The second-order valence-electron chi connectivity index (χ2n) is 1.29. The number of carbonyl (C=O) groups excluding carboxylic acids is 1. The first-order valence-corrected chi connectivity index (χ1v) is 2.60. The number of carbonyl (C=O) groups is 1. The van der Waals surface area contributed by atoms with Gasteiger partial charge < -0.3 is 5.73 Å². The molecule has 0 aliphatic heterocycles. The molecule has 0 aromatic carbocycles. The highest BCUT2D eigenvalue weighted by Gasteiger charge is 1.78. The number of rotatable bonds is 4. The molecule has 1 amide bonds. The van der Waals surface area contributed by atoms with Crippen molar-refractivity contribution in [2.75, 3.05) is 6.61 Å². The second kappa shape index (κ2) is 5.11. The molecular weight excluding hydrogens is 120 g/mol. The fourth-order valence-corrected chi connectivity index (χ4v) is 0.248. The minimum atomic E-state index is -0.498. The normalized spacial score (nSPS) is 9.89. The average molecular weight is 130 g/mol. The maximum Gasteiger partial charge on any atom is 0.242 e. The van der Waals surface area contributed by atoms with E-state index < -0.39 is 5.91 Å². The molecule has 0 saturated heterocycles. The van der Waals surface area contributed by atoms with E-state index in [2.05, 4.69) is 10.3 Å². The maximum absolute atomic E-state index is 10.0. The quantitative estimate of drug-likeness (QED) is 0.307. The molecular formula is C5H10N2O2. The van der Waals surface area contributed by atoms with E-state index in [0.29, 0.717) is 6.61 Å². The highest BCUT2D eigenvalue weighted by Crippen LogP contribution is 1.66. The molecule has 0 saturated carbocycles. The van der Waals surface area contributed by atoms with Gasteiger partial charge in [0.15, 0.2) is 0 Å². The van der Waals surface area contributed by atoms with Crippen LogP contribution >= 0.6 is 0 Å². The van der Waals surface area contributed by atoms with Crippen molar-refractivity contribution in [1.29, 1.82) is 0 Å². The molecule has 52 valence electrons. The third kappa shape index (κ3) is 6.97.